The fraction of sp³-hybridized carbons (Fsp3) is 0.556. The van der Waals surface area contributed by atoms with Crippen LogP contribution in [0.4, 0.5) is 4.79 Å². The van der Waals surface area contributed by atoms with Gasteiger partial charge in [0.05, 0.1) is 6.61 Å². The van der Waals surface area contributed by atoms with Crippen molar-refractivity contribution in [2.24, 2.45) is 0 Å². The quantitative estimate of drug-likeness (QED) is 0.376. The molecule has 1 aliphatic rings. The zero-order valence-corrected chi connectivity index (χ0v) is 19.0. The summed E-state index contributed by atoms with van der Waals surface area (Å²) in [5, 5.41) is 2.23. The lowest BCUT2D eigenvalue weighted by atomic mass is 10.0. The molecule has 0 aromatic heterocycles. The van der Waals surface area contributed by atoms with Crippen molar-refractivity contribution in [3.63, 3.8) is 0 Å². The Hall–Kier alpha value is -1.95. The number of hydrogen-bond acceptors (Lipinski definition) is 6. The molecule has 2 amide bonds. The minimum absolute atomic E-state index is 0.000726. The van der Waals surface area contributed by atoms with Gasteiger partial charge in [0.15, 0.2) is 8.32 Å². The molecule has 162 valence electrons. The molecular weight excluding hydrogens is 416 g/mol. The number of hydrogen-bond donors (Lipinski definition) is 2. The number of nitrogens with one attached hydrogen (secondary N) is 1. The molecule has 1 saturated heterocycles. The van der Waals surface area contributed by atoms with Crippen LogP contribution in [-0.2, 0) is 30.9 Å². The molecular formula is C18H28N2O7SSi. The number of alkyl carbamates (subject to hydrolysis) is 1. The van der Waals surface area contributed by atoms with E-state index in [2.05, 4.69) is 5.32 Å². The van der Waals surface area contributed by atoms with Crippen molar-refractivity contribution < 1.29 is 31.7 Å². The van der Waals surface area contributed by atoms with E-state index < -0.39 is 42.7 Å². The van der Waals surface area contributed by atoms with Gasteiger partial charge in [-0.05, 0) is 23.7 Å². The van der Waals surface area contributed by atoms with Crippen LogP contribution in [0.2, 0.25) is 18.1 Å². The van der Waals surface area contributed by atoms with Gasteiger partial charge in [0.1, 0.15) is 18.7 Å². The molecule has 9 nitrogen and oxygen atoms in total. The zero-order valence-electron chi connectivity index (χ0n) is 17.2. The first-order valence-corrected chi connectivity index (χ1v) is 13.5. The van der Waals surface area contributed by atoms with Gasteiger partial charge in [0.2, 0.25) is 0 Å². The summed E-state index contributed by atoms with van der Waals surface area (Å²) in [4.78, 5) is 24.3. The zero-order chi connectivity index (χ0) is 22.0. The molecule has 1 aliphatic heterocycles. The predicted molar refractivity (Wildman–Crippen MR) is 109 cm³/mol. The van der Waals surface area contributed by atoms with E-state index in [1.165, 1.54) is 0 Å². The fourth-order valence-corrected chi connectivity index (χ4v) is 4.41. The second-order valence-electron chi connectivity index (χ2n) is 8.43. The number of carbonyl (C=O) groups excluding carboxylic acids is 2. The monoisotopic (exact) mass is 444 g/mol. The van der Waals surface area contributed by atoms with Crippen molar-refractivity contribution in [2.45, 2.75) is 57.6 Å². The highest BCUT2D eigenvalue weighted by Gasteiger charge is 2.55. The maximum atomic E-state index is 12.2. The highest BCUT2D eigenvalue weighted by atomic mass is 32.2. The van der Waals surface area contributed by atoms with Gasteiger partial charge in [-0.1, -0.05) is 51.1 Å². The minimum Gasteiger partial charge on any atom is -0.445 e. The highest BCUT2D eigenvalue weighted by molar-refractivity contribution is 7.84. The molecule has 29 heavy (non-hydrogen) atoms. The van der Waals surface area contributed by atoms with E-state index in [0.29, 0.717) is 4.31 Å². The molecule has 2 rings (SSSR count). The van der Waals surface area contributed by atoms with Crippen molar-refractivity contribution in [2.75, 3.05) is 6.61 Å². The van der Waals surface area contributed by atoms with E-state index in [1.54, 1.807) is 24.3 Å². The van der Waals surface area contributed by atoms with E-state index in [0.717, 1.165) is 5.56 Å². The molecule has 1 aromatic carbocycles. The van der Waals surface area contributed by atoms with E-state index in [4.69, 9.17) is 9.16 Å². The summed E-state index contributed by atoms with van der Waals surface area (Å²) in [6.07, 6.45) is -0.862. The molecule has 2 atom stereocenters. The van der Waals surface area contributed by atoms with Gasteiger partial charge >= 0.3 is 16.4 Å². The summed E-state index contributed by atoms with van der Waals surface area (Å²) in [6, 6.07) is 6.76. The van der Waals surface area contributed by atoms with Crippen molar-refractivity contribution in [3.8, 4) is 0 Å². The Balaban J connectivity index is 2.04. The second-order valence-corrected chi connectivity index (χ2v) is 14.5. The Morgan fingerprint density at radius 2 is 1.83 bits per heavy atom. The van der Waals surface area contributed by atoms with Crippen LogP contribution >= 0.6 is 0 Å². The molecule has 2 N–H and O–H groups in total. The van der Waals surface area contributed by atoms with Crippen molar-refractivity contribution >= 4 is 30.6 Å². The van der Waals surface area contributed by atoms with Crippen LogP contribution in [0.3, 0.4) is 0 Å². The van der Waals surface area contributed by atoms with Crippen molar-refractivity contribution in [1.82, 2.24) is 9.62 Å². The molecule has 1 fully saturated rings. The molecule has 0 radical (unpaired) electrons. The number of ether oxygens (including phenoxy) is 1. The van der Waals surface area contributed by atoms with E-state index in [-0.39, 0.29) is 18.3 Å². The standard InChI is InChI=1S/C18H28N2O7SSi/c1-18(2,3)29(4,5)27-12-14-15(16(21)20(14)28(23,24)25)19-17(22)26-11-13-9-7-6-8-10-13/h6-10,14-15H,11-12H2,1-5H3,(H,19,22)(H,23,24,25)/t14-,15+/m1/s1. The normalized spacial score (nSPS) is 20.2. The topological polar surface area (TPSA) is 122 Å². The largest absolute Gasteiger partial charge is 0.445 e. The first-order valence-electron chi connectivity index (χ1n) is 9.16. The number of rotatable bonds is 7. The van der Waals surface area contributed by atoms with Crippen LogP contribution in [-0.4, -0.2) is 56.3 Å². The summed E-state index contributed by atoms with van der Waals surface area (Å²) in [5.74, 6) is -0.937. The van der Waals surface area contributed by atoms with Gasteiger partial charge in [-0.15, -0.1) is 0 Å². The Morgan fingerprint density at radius 3 is 2.34 bits per heavy atom. The van der Waals surface area contributed by atoms with Crippen molar-refractivity contribution in [1.29, 1.82) is 0 Å². The van der Waals surface area contributed by atoms with E-state index in [1.807, 2.05) is 39.9 Å². The molecule has 0 unspecified atom stereocenters. The number of nitrogens with zero attached hydrogens (tertiary/aromatic N) is 1. The van der Waals surface area contributed by atoms with Gasteiger partial charge < -0.3 is 14.5 Å². The van der Waals surface area contributed by atoms with Gasteiger partial charge in [0, 0.05) is 0 Å². The van der Waals surface area contributed by atoms with Gasteiger partial charge in [-0.3, -0.25) is 9.35 Å². The Morgan fingerprint density at radius 1 is 1.24 bits per heavy atom. The van der Waals surface area contributed by atoms with E-state index in [9.17, 15) is 22.6 Å². The number of β-lactam (4-membered cyclic amide) rings is 1. The van der Waals surface area contributed by atoms with Gasteiger partial charge in [-0.25, -0.2) is 9.10 Å². The van der Waals surface area contributed by atoms with Crippen LogP contribution in [0.1, 0.15) is 26.3 Å². The third-order valence-electron chi connectivity index (χ3n) is 5.33. The summed E-state index contributed by atoms with van der Waals surface area (Å²) < 4.78 is 43.9. The summed E-state index contributed by atoms with van der Waals surface area (Å²) in [7, 11) is -7.01. The predicted octanol–water partition coefficient (Wildman–Crippen LogP) is 2.32. The summed E-state index contributed by atoms with van der Waals surface area (Å²) in [5.41, 5.74) is 0.764. The molecule has 0 aliphatic carbocycles. The maximum Gasteiger partial charge on any atom is 0.408 e. The Labute approximate surface area is 172 Å². The lowest BCUT2D eigenvalue weighted by Crippen LogP contribution is -2.73. The average Bonchev–Trinajstić information content (AvgIpc) is 2.59. The first-order chi connectivity index (χ1) is 13.2. The maximum absolute atomic E-state index is 12.2. The fourth-order valence-electron chi connectivity index (χ4n) is 2.53. The van der Waals surface area contributed by atoms with Crippen LogP contribution in [0.15, 0.2) is 30.3 Å². The average molecular weight is 445 g/mol. The molecule has 0 saturated carbocycles. The van der Waals surface area contributed by atoms with Crippen LogP contribution < -0.4 is 5.32 Å². The molecule has 11 heteroatoms. The first kappa shape index (κ1) is 23.3. The Bertz CT molecular complexity index is 853. The summed E-state index contributed by atoms with van der Waals surface area (Å²) in [6.45, 7) is 9.86. The minimum atomic E-state index is -4.76. The van der Waals surface area contributed by atoms with Gasteiger partial charge in [0.25, 0.3) is 5.91 Å². The number of amides is 2. The van der Waals surface area contributed by atoms with Gasteiger partial charge in [-0.2, -0.15) is 8.42 Å². The number of carbonyl (C=O) groups is 2. The second kappa shape index (κ2) is 8.42. The third kappa shape index (κ3) is 5.56. The molecule has 1 heterocycles. The van der Waals surface area contributed by atoms with Crippen LogP contribution in [0.25, 0.3) is 0 Å². The smallest absolute Gasteiger partial charge is 0.408 e. The molecule has 1 aromatic rings. The summed E-state index contributed by atoms with van der Waals surface area (Å²) >= 11 is 0. The lowest BCUT2D eigenvalue weighted by molar-refractivity contribution is -0.143. The molecule has 0 bridgehead atoms. The SMILES string of the molecule is CC(C)(C)[Si](C)(C)OC[C@@H]1[C@H](NC(=O)OCc2ccccc2)C(=O)N1S(=O)(=O)O. The van der Waals surface area contributed by atoms with E-state index >= 15 is 0 Å². The van der Waals surface area contributed by atoms with Crippen LogP contribution in [0.5, 0.6) is 0 Å². The Kier molecular flexibility index (Phi) is 6.77. The van der Waals surface area contributed by atoms with Crippen molar-refractivity contribution in [3.05, 3.63) is 35.9 Å². The highest BCUT2D eigenvalue weighted by Crippen LogP contribution is 2.37. The third-order valence-corrected chi connectivity index (χ3v) is 10.8. The molecule has 0 spiro atoms. The lowest BCUT2D eigenvalue weighted by Gasteiger charge is -2.46. The van der Waals surface area contributed by atoms with Crippen LogP contribution in [0, 0.1) is 0 Å². The number of benzene rings is 1.